The van der Waals surface area contributed by atoms with Gasteiger partial charge in [-0.2, -0.15) is 0 Å². The molecule has 0 aromatic rings. The van der Waals surface area contributed by atoms with Crippen molar-refractivity contribution in [1.82, 2.24) is 4.90 Å². The predicted molar refractivity (Wildman–Crippen MR) is 95.8 cm³/mol. The van der Waals surface area contributed by atoms with E-state index in [1.54, 1.807) is 0 Å². The van der Waals surface area contributed by atoms with Crippen LogP contribution in [-0.4, -0.2) is 46.4 Å². The van der Waals surface area contributed by atoms with Crippen molar-refractivity contribution in [1.29, 1.82) is 0 Å². The van der Waals surface area contributed by atoms with Gasteiger partial charge >= 0.3 is 0 Å². The second kappa shape index (κ2) is 12.0. The van der Waals surface area contributed by atoms with Crippen LogP contribution in [-0.2, 0) is 0 Å². The fourth-order valence-corrected chi connectivity index (χ4v) is 3.01. The van der Waals surface area contributed by atoms with Crippen molar-refractivity contribution >= 4 is 28.4 Å². The van der Waals surface area contributed by atoms with Crippen LogP contribution < -0.4 is 0 Å². The van der Waals surface area contributed by atoms with Gasteiger partial charge in [-0.25, -0.2) is 0 Å². The number of halogens is 1. The van der Waals surface area contributed by atoms with Crippen LogP contribution in [0.3, 0.4) is 0 Å². The van der Waals surface area contributed by atoms with Crippen molar-refractivity contribution < 1.29 is 4.58 Å². The second-order valence-electron chi connectivity index (χ2n) is 5.67. The average molecular weight is 381 g/mol. The summed E-state index contributed by atoms with van der Waals surface area (Å²) in [6, 6.07) is 0.655. The lowest BCUT2D eigenvalue weighted by atomic mass is 10.1. The molecule has 0 aliphatic heterocycles. The third-order valence-corrected chi connectivity index (χ3v) is 4.60. The first-order valence-electron chi connectivity index (χ1n) is 7.88. The topological polar surface area (TPSA) is 6.25 Å². The van der Waals surface area contributed by atoms with Crippen LogP contribution >= 0.6 is 22.6 Å². The van der Waals surface area contributed by atoms with E-state index in [4.69, 9.17) is 0 Å². The van der Waals surface area contributed by atoms with Gasteiger partial charge in [0.1, 0.15) is 0 Å². The van der Waals surface area contributed by atoms with Gasteiger partial charge in [-0.05, 0) is 19.8 Å². The van der Waals surface area contributed by atoms with Crippen molar-refractivity contribution in [2.24, 2.45) is 0 Å². The molecule has 0 radical (unpaired) electrons. The molecule has 3 heteroatoms. The van der Waals surface area contributed by atoms with Gasteiger partial charge in [0.05, 0.1) is 26.7 Å². The number of nitrogens with zero attached hydrogens (tertiary/aromatic N) is 2. The molecule has 0 rings (SSSR count). The van der Waals surface area contributed by atoms with Crippen molar-refractivity contribution in [2.45, 2.75) is 71.8 Å². The summed E-state index contributed by atoms with van der Waals surface area (Å²) < 4.78 is 3.55. The van der Waals surface area contributed by atoms with Crippen LogP contribution in [0.25, 0.3) is 0 Å². The fourth-order valence-electron chi connectivity index (χ4n) is 2.29. The first-order chi connectivity index (χ1) is 9.04. The Morgan fingerprint density at radius 2 is 1.74 bits per heavy atom. The predicted octanol–water partition coefficient (Wildman–Crippen LogP) is 4.55. The molecule has 1 atom stereocenters. The van der Waals surface area contributed by atoms with Crippen LogP contribution in [0.4, 0.5) is 0 Å². The number of rotatable bonds is 10. The van der Waals surface area contributed by atoms with Gasteiger partial charge in [0, 0.05) is 11.4 Å². The number of amidine groups is 1. The largest absolute Gasteiger partial charge is 0.268 e. The molecule has 0 aromatic heterocycles. The summed E-state index contributed by atoms with van der Waals surface area (Å²) in [5.74, 6) is 1.40. The molecule has 0 aliphatic carbocycles. The lowest BCUT2D eigenvalue weighted by Crippen LogP contribution is -2.38. The Balaban J connectivity index is 3.93. The van der Waals surface area contributed by atoms with E-state index in [-0.39, 0.29) is 0 Å². The van der Waals surface area contributed by atoms with Gasteiger partial charge in [-0.15, -0.1) is 0 Å². The maximum Gasteiger partial charge on any atom is 0.243 e. The summed E-state index contributed by atoms with van der Waals surface area (Å²) in [6.07, 6.45) is 9.68. The van der Waals surface area contributed by atoms with Crippen molar-refractivity contribution in [3.63, 3.8) is 0 Å². The zero-order valence-corrected chi connectivity index (χ0v) is 15.9. The fraction of sp³-hybridized carbons (Fsp3) is 0.938. The lowest BCUT2D eigenvalue weighted by molar-refractivity contribution is -0.497. The maximum absolute atomic E-state index is 2.44. The molecule has 19 heavy (non-hydrogen) atoms. The minimum atomic E-state index is 0.655. The highest BCUT2D eigenvalue weighted by atomic mass is 127. The second-order valence-corrected chi connectivity index (χ2v) is 6.75. The van der Waals surface area contributed by atoms with E-state index in [9.17, 15) is 0 Å². The Hall–Kier alpha value is 0.200. The van der Waals surface area contributed by atoms with Crippen LogP contribution in [0.2, 0.25) is 0 Å². The highest BCUT2D eigenvalue weighted by Crippen LogP contribution is 2.11. The van der Waals surface area contributed by atoms with E-state index in [2.05, 4.69) is 66.9 Å². The van der Waals surface area contributed by atoms with Crippen LogP contribution in [0.15, 0.2) is 0 Å². The van der Waals surface area contributed by atoms with Crippen molar-refractivity contribution in [3.8, 4) is 0 Å². The normalized spacial score (nSPS) is 14.2. The van der Waals surface area contributed by atoms with Gasteiger partial charge in [0.25, 0.3) is 0 Å². The molecular formula is C16H34IN2+. The van der Waals surface area contributed by atoms with E-state index in [1.165, 1.54) is 55.2 Å². The van der Waals surface area contributed by atoms with E-state index in [0.717, 1.165) is 6.54 Å². The molecule has 0 amide bonds. The number of alkyl halides is 1. The minimum Gasteiger partial charge on any atom is -0.268 e. The first kappa shape index (κ1) is 19.2. The summed E-state index contributed by atoms with van der Waals surface area (Å²) >= 11 is 2.44. The van der Waals surface area contributed by atoms with Gasteiger partial charge in [-0.3, -0.25) is 9.48 Å². The number of unbranched alkanes of at least 4 members (excludes halogenated alkanes) is 5. The van der Waals surface area contributed by atoms with Crippen molar-refractivity contribution in [2.75, 3.05) is 25.1 Å². The molecule has 114 valence electrons. The molecule has 0 bridgehead atoms. The van der Waals surface area contributed by atoms with Crippen LogP contribution in [0, 0.1) is 0 Å². The Kier molecular flexibility index (Phi) is 12.1. The smallest absolute Gasteiger partial charge is 0.243 e. The standard InChI is InChI=1S/C16H34IN2/c1-6-7-8-9-10-11-12-15(2)19(5)16(3)18(4)14-13-17/h15H,6-14H2,1-5H3/q+1/t15-/m0/s1. The van der Waals surface area contributed by atoms with E-state index < -0.39 is 0 Å². The van der Waals surface area contributed by atoms with E-state index >= 15 is 0 Å². The molecule has 0 spiro atoms. The highest BCUT2D eigenvalue weighted by molar-refractivity contribution is 14.1. The lowest BCUT2D eigenvalue weighted by Gasteiger charge is -2.21. The summed E-state index contributed by atoms with van der Waals surface area (Å²) in [5, 5.41) is 0. The Morgan fingerprint density at radius 1 is 1.16 bits per heavy atom. The number of hydrogen-bond donors (Lipinski definition) is 0. The Labute approximate surface area is 134 Å². The maximum atomic E-state index is 2.44. The van der Waals surface area contributed by atoms with Crippen molar-refractivity contribution in [3.05, 3.63) is 0 Å². The summed E-state index contributed by atoms with van der Waals surface area (Å²) in [4.78, 5) is 2.44. The van der Waals surface area contributed by atoms with Crippen LogP contribution in [0.1, 0.15) is 65.7 Å². The minimum absolute atomic E-state index is 0.655. The SMILES string of the molecule is CCCCCCCC[C@H](C)N(C)C(C)=[N+](C)CCI. The van der Waals surface area contributed by atoms with Gasteiger partial charge in [0.15, 0.2) is 0 Å². The third kappa shape index (κ3) is 8.87. The Morgan fingerprint density at radius 3 is 2.32 bits per heavy atom. The van der Waals surface area contributed by atoms with E-state index in [1.807, 2.05) is 0 Å². The zero-order chi connectivity index (χ0) is 14.7. The molecule has 0 N–H and O–H groups in total. The molecule has 0 saturated heterocycles. The van der Waals surface area contributed by atoms with E-state index in [0.29, 0.717) is 6.04 Å². The molecule has 0 unspecified atom stereocenters. The highest BCUT2D eigenvalue weighted by Gasteiger charge is 2.18. The molecule has 0 fully saturated rings. The molecule has 2 nitrogen and oxygen atoms in total. The zero-order valence-electron chi connectivity index (χ0n) is 13.7. The third-order valence-electron chi connectivity index (χ3n) is 4.12. The Bertz CT molecular complexity index is 251. The summed E-state index contributed by atoms with van der Waals surface area (Å²) in [6.45, 7) is 8.01. The molecule has 0 heterocycles. The van der Waals surface area contributed by atoms with Gasteiger partial charge < -0.3 is 0 Å². The quantitative estimate of drug-likeness (QED) is 0.134. The molecule has 0 aliphatic rings. The number of hydrogen-bond acceptors (Lipinski definition) is 0. The average Bonchev–Trinajstić information content (AvgIpc) is 2.41. The van der Waals surface area contributed by atoms with Crippen LogP contribution in [0.5, 0.6) is 0 Å². The summed E-state index contributed by atoms with van der Waals surface area (Å²) in [5.41, 5.74) is 0. The van der Waals surface area contributed by atoms with Gasteiger partial charge in [-0.1, -0.05) is 61.6 Å². The first-order valence-corrected chi connectivity index (χ1v) is 9.40. The van der Waals surface area contributed by atoms with Gasteiger partial charge in [0.2, 0.25) is 5.84 Å². The monoisotopic (exact) mass is 381 g/mol. The summed E-state index contributed by atoms with van der Waals surface area (Å²) in [7, 11) is 4.43. The molecular weight excluding hydrogens is 347 g/mol. The molecule has 0 aromatic carbocycles. The molecule has 0 saturated carbocycles.